The van der Waals surface area contributed by atoms with Crippen LogP contribution in [-0.4, -0.2) is 21.5 Å². The van der Waals surface area contributed by atoms with Crippen molar-refractivity contribution in [1.29, 1.82) is 0 Å². The van der Waals surface area contributed by atoms with Crippen molar-refractivity contribution < 1.29 is 0 Å². The van der Waals surface area contributed by atoms with Gasteiger partial charge < -0.3 is 10.6 Å². The number of halogens is 1. The molecule has 0 saturated carbocycles. The highest BCUT2D eigenvalue weighted by Crippen LogP contribution is 2.26. The fourth-order valence-electron chi connectivity index (χ4n) is 1.74. The molecule has 0 bridgehead atoms. The molecule has 0 amide bonds. The van der Waals surface area contributed by atoms with E-state index in [0.717, 1.165) is 34.6 Å². The second-order valence-corrected chi connectivity index (χ2v) is 5.26. The highest BCUT2D eigenvalue weighted by molar-refractivity contribution is 9.10. The van der Waals surface area contributed by atoms with E-state index in [9.17, 15) is 0 Å². The van der Waals surface area contributed by atoms with E-state index in [2.05, 4.69) is 48.4 Å². The molecule has 6 heteroatoms. The van der Waals surface area contributed by atoms with Gasteiger partial charge in [-0.1, -0.05) is 6.92 Å². The van der Waals surface area contributed by atoms with Crippen molar-refractivity contribution in [2.75, 3.05) is 17.2 Å². The van der Waals surface area contributed by atoms with E-state index in [0.29, 0.717) is 6.54 Å². The maximum Gasteiger partial charge on any atom is 0.146 e. The molecule has 0 aliphatic heterocycles. The lowest BCUT2D eigenvalue weighted by atomic mass is 10.1. The molecular formula is C14H18BrN5. The summed E-state index contributed by atoms with van der Waals surface area (Å²) in [5.41, 5.74) is 2.36. The van der Waals surface area contributed by atoms with Gasteiger partial charge in [0.25, 0.3) is 0 Å². The van der Waals surface area contributed by atoms with Crippen molar-refractivity contribution in [3.8, 4) is 0 Å². The smallest absolute Gasteiger partial charge is 0.146 e. The van der Waals surface area contributed by atoms with Crippen LogP contribution in [0.3, 0.4) is 0 Å². The van der Waals surface area contributed by atoms with Gasteiger partial charge in [-0.05, 0) is 46.5 Å². The number of nitrogens with zero attached hydrogens (tertiary/aromatic N) is 3. The van der Waals surface area contributed by atoms with Gasteiger partial charge >= 0.3 is 0 Å². The quantitative estimate of drug-likeness (QED) is 0.847. The number of pyridine rings is 1. The van der Waals surface area contributed by atoms with Crippen molar-refractivity contribution in [3.05, 3.63) is 40.4 Å². The molecule has 0 atom stereocenters. The maximum atomic E-state index is 4.27. The molecule has 0 aliphatic carbocycles. The van der Waals surface area contributed by atoms with Gasteiger partial charge in [0.15, 0.2) is 0 Å². The molecule has 2 aromatic rings. The van der Waals surface area contributed by atoms with Gasteiger partial charge in [0, 0.05) is 25.5 Å². The zero-order chi connectivity index (χ0) is 14.4. The SMILES string of the molecule is CCCNc1ncnc(NCc2ccncc2C)c1Br. The van der Waals surface area contributed by atoms with Crippen LogP contribution in [0.1, 0.15) is 24.5 Å². The summed E-state index contributed by atoms with van der Waals surface area (Å²) in [6, 6.07) is 2.01. The number of hydrogen-bond acceptors (Lipinski definition) is 5. The van der Waals surface area contributed by atoms with Crippen LogP contribution in [0.2, 0.25) is 0 Å². The second-order valence-electron chi connectivity index (χ2n) is 4.47. The van der Waals surface area contributed by atoms with Gasteiger partial charge in [-0.3, -0.25) is 4.98 Å². The molecule has 0 fully saturated rings. The van der Waals surface area contributed by atoms with E-state index in [1.54, 1.807) is 12.5 Å². The molecule has 106 valence electrons. The average molecular weight is 336 g/mol. The number of aryl methyl sites for hydroxylation is 1. The van der Waals surface area contributed by atoms with Crippen molar-refractivity contribution >= 4 is 27.6 Å². The first-order valence-electron chi connectivity index (χ1n) is 6.60. The van der Waals surface area contributed by atoms with Gasteiger partial charge in [0.05, 0.1) is 0 Å². The Hall–Kier alpha value is -1.69. The predicted octanol–water partition coefficient (Wildman–Crippen LogP) is 3.38. The number of aromatic nitrogens is 3. The van der Waals surface area contributed by atoms with Crippen LogP contribution in [0.5, 0.6) is 0 Å². The Balaban J connectivity index is 2.08. The summed E-state index contributed by atoms with van der Waals surface area (Å²) >= 11 is 3.54. The van der Waals surface area contributed by atoms with Crippen LogP contribution >= 0.6 is 15.9 Å². The standard InChI is InChI=1S/C14H18BrN5/c1-3-5-17-13-12(15)14(20-9-19-13)18-8-11-4-6-16-7-10(11)2/h4,6-7,9H,3,5,8H2,1-2H3,(H2,17,18,19,20). The summed E-state index contributed by atoms with van der Waals surface area (Å²) in [7, 11) is 0. The minimum atomic E-state index is 0.706. The first-order chi connectivity index (χ1) is 9.72. The fourth-order valence-corrected chi connectivity index (χ4v) is 2.22. The summed E-state index contributed by atoms with van der Waals surface area (Å²) in [6.07, 6.45) is 6.27. The Labute approximate surface area is 127 Å². The van der Waals surface area contributed by atoms with E-state index in [1.165, 1.54) is 5.56 Å². The Morgan fingerprint density at radius 3 is 2.65 bits per heavy atom. The van der Waals surface area contributed by atoms with E-state index in [1.807, 2.05) is 19.2 Å². The highest BCUT2D eigenvalue weighted by Gasteiger charge is 2.08. The second kappa shape index (κ2) is 7.19. The fraction of sp³-hybridized carbons (Fsp3) is 0.357. The molecule has 2 aromatic heterocycles. The van der Waals surface area contributed by atoms with E-state index < -0.39 is 0 Å². The highest BCUT2D eigenvalue weighted by atomic mass is 79.9. The minimum Gasteiger partial charge on any atom is -0.369 e. The van der Waals surface area contributed by atoms with Gasteiger partial charge in [-0.2, -0.15) is 0 Å². The Bertz CT molecular complexity index is 573. The maximum absolute atomic E-state index is 4.27. The molecule has 0 aromatic carbocycles. The van der Waals surface area contributed by atoms with Crippen LogP contribution in [-0.2, 0) is 6.54 Å². The van der Waals surface area contributed by atoms with Crippen molar-refractivity contribution in [2.45, 2.75) is 26.8 Å². The molecular weight excluding hydrogens is 318 g/mol. The van der Waals surface area contributed by atoms with Crippen LogP contribution < -0.4 is 10.6 Å². The molecule has 0 saturated heterocycles. The van der Waals surface area contributed by atoms with Gasteiger partial charge in [0.2, 0.25) is 0 Å². The minimum absolute atomic E-state index is 0.706. The van der Waals surface area contributed by atoms with E-state index in [4.69, 9.17) is 0 Å². The lowest BCUT2D eigenvalue weighted by Crippen LogP contribution is -2.08. The molecule has 0 spiro atoms. The van der Waals surface area contributed by atoms with E-state index in [-0.39, 0.29) is 0 Å². The van der Waals surface area contributed by atoms with Gasteiger partial charge in [-0.25, -0.2) is 9.97 Å². The average Bonchev–Trinajstić information content (AvgIpc) is 2.46. The lowest BCUT2D eigenvalue weighted by molar-refractivity contribution is 0.959. The normalized spacial score (nSPS) is 10.3. The third-order valence-corrected chi connectivity index (χ3v) is 3.67. The molecule has 2 heterocycles. The van der Waals surface area contributed by atoms with Gasteiger partial charge in [0.1, 0.15) is 22.4 Å². The third kappa shape index (κ3) is 3.66. The van der Waals surface area contributed by atoms with Crippen molar-refractivity contribution in [2.24, 2.45) is 0 Å². The number of rotatable bonds is 6. The summed E-state index contributed by atoms with van der Waals surface area (Å²) in [6.45, 7) is 5.76. The zero-order valence-corrected chi connectivity index (χ0v) is 13.2. The van der Waals surface area contributed by atoms with Crippen LogP contribution in [0.25, 0.3) is 0 Å². The first-order valence-corrected chi connectivity index (χ1v) is 7.39. The van der Waals surface area contributed by atoms with Crippen LogP contribution in [0.15, 0.2) is 29.3 Å². The molecule has 2 N–H and O–H groups in total. The molecule has 0 aliphatic rings. The number of anilines is 2. The Morgan fingerprint density at radius 1 is 1.20 bits per heavy atom. The third-order valence-electron chi connectivity index (χ3n) is 2.91. The van der Waals surface area contributed by atoms with Crippen molar-refractivity contribution in [1.82, 2.24) is 15.0 Å². The van der Waals surface area contributed by atoms with E-state index >= 15 is 0 Å². The van der Waals surface area contributed by atoms with Gasteiger partial charge in [-0.15, -0.1) is 0 Å². The summed E-state index contributed by atoms with van der Waals surface area (Å²) in [4.78, 5) is 12.6. The summed E-state index contributed by atoms with van der Waals surface area (Å²) < 4.78 is 0.861. The topological polar surface area (TPSA) is 62.7 Å². The first kappa shape index (κ1) is 14.7. The molecule has 5 nitrogen and oxygen atoms in total. The summed E-state index contributed by atoms with van der Waals surface area (Å²) in [5, 5.41) is 6.59. The summed E-state index contributed by atoms with van der Waals surface area (Å²) in [5.74, 6) is 1.60. The molecule has 0 radical (unpaired) electrons. The largest absolute Gasteiger partial charge is 0.369 e. The van der Waals surface area contributed by atoms with Crippen LogP contribution in [0, 0.1) is 6.92 Å². The van der Waals surface area contributed by atoms with Crippen molar-refractivity contribution in [3.63, 3.8) is 0 Å². The Morgan fingerprint density at radius 2 is 1.95 bits per heavy atom. The molecule has 2 rings (SSSR count). The zero-order valence-electron chi connectivity index (χ0n) is 11.7. The molecule has 20 heavy (non-hydrogen) atoms. The Kier molecular flexibility index (Phi) is 5.29. The number of hydrogen-bond donors (Lipinski definition) is 2. The predicted molar refractivity (Wildman–Crippen MR) is 84.8 cm³/mol. The number of nitrogens with one attached hydrogen (secondary N) is 2. The molecule has 0 unspecified atom stereocenters. The lowest BCUT2D eigenvalue weighted by Gasteiger charge is -2.12. The van der Waals surface area contributed by atoms with Crippen LogP contribution in [0.4, 0.5) is 11.6 Å². The monoisotopic (exact) mass is 335 g/mol.